The molecule has 0 aliphatic heterocycles. The molecule has 0 unspecified atom stereocenters. The first-order valence-corrected chi connectivity index (χ1v) is 1.07. The van der Waals surface area contributed by atoms with E-state index in [0.29, 0.717) is 0 Å². The van der Waals surface area contributed by atoms with Gasteiger partial charge in [-0.05, 0) is 0 Å². The van der Waals surface area contributed by atoms with Crippen LogP contribution in [-0.4, -0.2) is 11.1 Å². The van der Waals surface area contributed by atoms with Crippen LogP contribution in [0.15, 0.2) is 0 Å². The van der Waals surface area contributed by atoms with Crippen LogP contribution >= 0.6 is 0 Å². The smallest absolute Gasteiger partial charge is 0.300 e. The van der Waals surface area contributed by atoms with Crippen LogP contribution in [0.25, 0.3) is 0 Å². The molecule has 4 heteroatoms. The predicted molar refractivity (Wildman–Crippen MR) is 15.5 cm³/mol. The van der Waals surface area contributed by atoms with Gasteiger partial charge in [-0.1, -0.05) is 0 Å². The van der Waals surface area contributed by atoms with Crippen molar-refractivity contribution < 1.29 is 19.0 Å². The molecule has 0 aromatic heterocycles. The SMILES string of the molecule is CC(=O)O.FF. The fourth-order valence-corrected chi connectivity index (χ4v) is 0. The third-order valence-corrected chi connectivity index (χ3v) is 0. The molecule has 0 radical (unpaired) electrons. The molecule has 0 bridgehead atoms. The van der Waals surface area contributed by atoms with E-state index in [1.807, 2.05) is 0 Å². The van der Waals surface area contributed by atoms with Crippen LogP contribution in [0, 0.1) is 0 Å². The molecule has 1 N–H and O–H groups in total. The second-order valence-corrected chi connectivity index (χ2v) is 0.519. The van der Waals surface area contributed by atoms with Crippen LogP contribution in [0.5, 0.6) is 0 Å². The summed E-state index contributed by atoms with van der Waals surface area (Å²) in [6, 6.07) is 0. The van der Waals surface area contributed by atoms with Crippen LogP contribution in [-0.2, 0) is 4.79 Å². The quantitative estimate of drug-likeness (QED) is 0.489. The van der Waals surface area contributed by atoms with Crippen LogP contribution in [0.2, 0.25) is 0 Å². The second kappa shape index (κ2) is 8.84. The first kappa shape index (κ1) is 9.01. The zero-order valence-corrected chi connectivity index (χ0v) is 3.11. The van der Waals surface area contributed by atoms with E-state index < -0.39 is 5.97 Å². The summed E-state index contributed by atoms with van der Waals surface area (Å²) < 4.78 is 16.0. The molecule has 0 aliphatic carbocycles. The molecule has 0 atom stereocenters. The molecular formula is C2H4F2O2. The third kappa shape index (κ3) is 40.3. The third-order valence-electron chi connectivity index (χ3n) is 0. The van der Waals surface area contributed by atoms with Crippen molar-refractivity contribution >= 4 is 5.97 Å². The summed E-state index contributed by atoms with van der Waals surface area (Å²) in [5.74, 6) is -0.833. The standard InChI is InChI=1S/C2H4O2.F2/c1-2(3)4;1-2/h1H3,(H,3,4);. The number of hydrogen-bond donors (Lipinski definition) is 1. The van der Waals surface area contributed by atoms with Gasteiger partial charge in [0.1, 0.15) is 0 Å². The number of carboxylic acid groups (broad SMARTS) is 1. The average Bonchev–Trinajstić information content (AvgIpc) is 1.41. The van der Waals surface area contributed by atoms with E-state index in [0.717, 1.165) is 6.92 Å². The normalized spacial score (nSPS) is 5.17. The van der Waals surface area contributed by atoms with E-state index in [-0.39, 0.29) is 0 Å². The number of hydrogen-bond acceptors (Lipinski definition) is 1. The van der Waals surface area contributed by atoms with Crippen LogP contribution < -0.4 is 0 Å². The summed E-state index contributed by atoms with van der Waals surface area (Å²) in [6.07, 6.45) is 0. The lowest BCUT2D eigenvalue weighted by Crippen LogP contribution is -1.78. The highest BCUT2D eigenvalue weighted by Gasteiger charge is 1.65. The van der Waals surface area contributed by atoms with Crippen molar-refractivity contribution in [3.63, 3.8) is 0 Å². The molecule has 0 aliphatic rings. The number of carbonyl (C=O) groups is 1. The summed E-state index contributed by atoms with van der Waals surface area (Å²) in [5.41, 5.74) is 0. The van der Waals surface area contributed by atoms with E-state index in [1.165, 1.54) is 0 Å². The topological polar surface area (TPSA) is 37.3 Å². The van der Waals surface area contributed by atoms with Gasteiger partial charge in [-0.2, -0.15) is 0 Å². The summed E-state index contributed by atoms with van der Waals surface area (Å²) in [7, 11) is 0. The van der Waals surface area contributed by atoms with E-state index in [4.69, 9.17) is 19.0 Å². The molecule has 0 spiro atoms. The maximum Gasteiger partial charge on any atom is 0.300 e. The Bertz CT molecular complexity index is 32.5. The highest BCUT2D eigenvalue weighted by Crippen LogP contribution is 1.42. The average molecular weight is 98.0 g/mol. The lowest BCUT2D eigenvalue weighted by Gasteiger charge is -1.59. The Morgan fingerprint density at radius 1 is 1.67 bits per heavy atom. The Labute approximate surface area is 33.3 Å². The van der Waals surface area contributed by atoms with Crippen molar-refractivity contribution in [2.75, 3.05) is 0 Å². The van der Waals surface area contributed by atoms with Gasteiger partial charge in [0.2, 0.25) is 0 Å². The van der Waals surface area contributed by atoms with Gasteiger partial charge in [0.25, 0.3) is 5.97 Å². The Kier molecular flexibility index (Phi) is 13.3. The van der Waals surface area contributed by atoms with Crippen molar-refractivity contribution in [3.8, 4) is 0 Å². The Morgan fingerprint density at radius 3 is 1.67 bits per heavy atom. The minimum Gasteiger partial charge on any atom is -0.481 e. The minimum atomic E-state index is -0.833. The lowest BCUT2D eigenvalue weighted by molar-refractivity contribution is -0.134. The minimum absolute atomic E-state index is 0.833. The summed E-state index contributed by atoms with van der Waals surface area (Å²) in [6.45, 7) is 1.08. The molecule has 0 saturated heterocycles. The van der Waals surface area contributed by atoms with Crippen molar-refractivity contribution in [3.05, 3.63) is 0 Å². The van der Waals surface area contributed by atoms with Crippen LogP contribution in [0.1, 0.15) is 6.92 Å². The Balaban J connectivity index is 0. The Hall–Kier alpha value is -0.670. The van der Waals surface area contributed by atoms with Crippen LogP contribution in [0.4, 0.5) is 9.15 Å². The molecule has 2 nitrogen and oxygen atoms in total. The van der Waals surface area contributed by atoms with Gasteiger partial charge in [0.15, 0.2) is 0 Å². The monoisotopic (exact) mass is 98.0 g/mol. The fraction of sp³-hybridized carbons (Fsp3) is 0.500. The fourth-order valence-electron chi connectivity index (χ4n) is 0. The molecule has 0 amide bonds. The maximum atomic E-state index is 9.00. The van der Waals surface area contributed by atoms with E-state index in [9.17, 15) is 0 Å². The number of halogens is 2. The molecule has 0 saturated carbocycles. The van der Waals surface area contributed by atoms with Gasteiger partial charge in [-0.3, -0.25) is 4.79 Å². The number of rotatable bonds is 0. The Morgan fingerprint density at radius 2 is 1.67 bits per heavy atom. The largest absolute Gasteiger partial charge is 0.481 e. The maximum absolute atomic E-state index is 9.00. The first-order chi connectivity index (χ1) is 2.73. The summed E-state index contributed by atoms with van der Waals surface area (Å²) in [4.78, 5) is 9.00. The molecule has 0 rings (SSSR count). The molecule has 0 fully saturated rings. The molecule has 6 heavy (non-hydrogen) atoms. The summed E-state index contributed by atoms with van der Waals surface area (Å²) in [5, 5.41) is 7.42. The van der Waals surface area contributed by atoms with Gasteiger partial charge >= 0.3 is 0 Å². The van der Waals surface area contributed by atoms with Gasteiger partial charge < -0.3 is 5.11 Å². The van der Waals surface area contributed by atoms with Crippen molar-refractivity contribution in [2.24, 2.45) is 0 Å². The highest BCUT2D eigenvalue weighted by atomic mass is 20.0. The number of aliphatic carboxylic acids is 1. The first-order valence-electron chi connectivity index (χ1n) is 1.07. The van der Waals surface area contributed by atoms with Gasteiger partial charge in [-0.15, -0.1) is 0 Å². The van der Waals surface area contributed by atoms with E-state index >= 15 is 0 Å². The molecule has 38 valence electrons. The highest BCUT2D eigenvalue weighted by molar-refractivity contribution is 5.62. The molecule has 0 aromatic carbocycles. The van der Waals surface area contributed by atoms with Crippen molar-refractivity contribution in [1.82, 2.24) is 0 Å². The molecule has 0 aromatic rings. The van der Waals surface area contributed by atoms with Gasteiger partial charge in [-0.25, -0.2) is 0 Å². The zero-order valence-electron chi connectivity index (χ0n) is 3.11. The van der Waals surface area contributed by atoms with E-state index in [2.05, 4.69) is 0 Å². The lowest BCUT2D eigenvalue weighted by atomic mass is 10.9. The second-order valence-electron chi connectivity index (χ2n) is 0.519. The number of carboxylic acids is 1. The van der Waals surface area contributed by atoms with Gasteiger partial charge in [0, 0.05) is 16.1 Å². The zero-order chi connectivity index (χ0) is 5.58. The van der Waals surface area contributed by atoms with E-state index in [1.54, 1.807) is 0 Å². The summed E-state index contributed by atoms with van der Waals surface area (Å²) >= 11 is 0. The predicted octanol–water partition coefficient (Wildman–Crippen LogP) is 0.931. The van der Waals surface area contributed by atoms with Gasteiger partial charge in [0.05, 0.1) is 0 Å². The molecular weight excluding hydrogens is 94.0 g/mol. The van der Waals surface area contributed by atoms with Crippen molar-refractivity contribution in [2.45, 2.75) is 6.92 Å². The van der Waals surface area contributed by atoms with Crippen molar-refractivity contribution in [1.29, 1.82) is 0 Å². The molecule has 0 heterocycles. The van der Waals surface area contributed by atoms with Crippen LogP contribution in [0.3, 0.4) is 0 Å².